The first kappa shape index (κ1) is 19.5. The van der Waals surface area contributed by atoms with Crippen LogP contribution in [0.25, 0.3) is 0 Å². The molecule has 0 aromatic heterocycles. The number of rotatable bonds is 12. The van der Waals surface area contributed by atoms with E-state index in [2.05, 4.69) is 41.5 Å². The van der Waals surface area contributed by atoms with Crippen LogP contribution in [0.3, 0.4) is 0 Å². The molecule has 0 amide bonds. The van der Waals surface area contributed by atoms with Gasteiger partial charge in [-0.1, -0.05) is 0 Å². The summed E-state index contributed by atoms with van der Waals surface area (Å²) >= 11 is -2.45. The van der Waals surface area contributed by atoms with Gasteiger partial charge < -0.3 is 0 Å². The predicted octanol–water partition coefficient (Wildman–Crippen LogP) is 4.16. The summed E-state index contributed by atoms with van der Waals surface area (Å²) in [5.74, 6) is 1.77. The van der Waals surface area contributed by atoms with Crippen molar-refractivity contribution >= 4 is 17.3 Å². The first-order valence-corrected chi connectivity index (χ1v) is 10.8. The van der Waals surface area contributed by atoms with Gasteiger partial charge >= 0.3 is 126 Å². The molecule has 114 valence electrons. The van der Waals surface area contributed by atoms with Crippen LogP contribution in [0.2, 0.25) is 0 Å². The third-order valence-electron chi connectivity index (χ3n) is 3.64. The summed E-state index contributed by atoms with van der Waals surface area (Å²) in [6, 6.07) is 0. The summed E-state index contributed by atoms with van der Waals surface area (Å²) in [5, 5.41) is 0. The van der Waals surface area contributed by atoms with Crippen LogP contribution in [0.1, 0.15) is 60.8 Å². The molecule has 3 atom stereocenters. The van der Waals surface area contributed by atoms with Crippen LogP contribution < -0.4 is 0 Å². The molecule has 4 heteroatoms. The van der Waals surface area contributed by atoms with Crippen LogP contribution >= 0.6 is 0 Å². The SMILES string of the molecule is CCC(C)C[O][Ga]([O]CC(C)CC)[O]CC(C)CC. The molecule has 19 heavy (non-hydrogen) atoms. The molecule has 0 radical (unpaired) electrons. The van der Waals surface area contributed by atoms with Crippen molar-refractivity contribution in [3.05, 3.63) is 0 Å². The number of hydrogen-bond acceptors (Lipinski definition) is 3. The number of hydrogen-bond donors (Lipinski definition) is 0. The Bertz CT molecular complexity index is 169. The maximum atomic E-state index is 5.93. The molecule has 0 aliphatic heterocycles. The summed E-state index contributed by atoms with van der Waals surface area (Å²) in [5.41, 5.74) is 0. The van der Waals surface area contributed by atoms with E-state index in [4.69, 9.17) is 10.6 Å². The van der Waals surface area contributed by atoms with Crippen molar-refractivity contribution in [1.29, 1.82) is 0 Å². The Morgan fingerprint density at radius 3 is 1.11 bits per heavy atom. The van der Waals surface area contributed by atoms with Gasteiger partial charge in [-0.05, 0) is 0 Å². The van der Waals surface area contributed by atoms with E-state index < -0.39 is 17.3 Å². The topological polar surface area (TPSA) is 27.7 Å². The van der Waals surface area contributed by atoms with Gasteiger partial charge in [0.05, 0.1) is 0 Å². The summed E-state index contributed by atoms with van der Waals surface area (Å²) in [4.78, 5) is 0. The Balaban J connectivity index is 4.06. The third kappa shape index (κ3) is 10.9. The van der Waals surface area contributed by atoms with Gasteiger partial charge in [0.1, 0.15) is 0 Å². The summed E-state index contributed by atoms with van der Waals surface area (Å²) < 4.78 is 17.8. The Hall–Kier alpha value is 0.516. The zero-order chi connectivity index (χ0) is 14.7. The van der Waals surface area contributed by atoms with Crippen LogP contribution in [-0.4, -0.2) is 37.1 Å². The van der Waals surface area contributed by atoms with Gasteiger partial charge in [-0.3, -0.25) is 0 Å². The Labute approximate surface area is 126 Å². The molecule has 0 fully saturated rings. The Kier molecular flexibility index (Phi) is 12.6. The molecule has 0 aromatic rings. The average molecular weight is 331 g/mol. The molecule has 0 spiro atoms. The second-order valence-electron chi connectivity index (χ2n) is 5.83. The molecule has 3 unspecified atom stereocenters. The zero-order valence-corrected chi connectivity index (χ0v) is 16.2. The minimum absolute atomic E-state index is 0.590. The van der Waals surface area contributed by atoms with Gasteiger partial charge in [0.2, 0.25) is 0 Å². The first-order valence-electron chi connectivity index (χ1n) is 7.88. The van der Waals surface area contributed by atoms with Crippen molar-refractivity contribution in [1.82, 2.24) is 0 Å². The molecular weight excluding hydrogens is 298 g/mol. The molecule has 0 saturated heterocycles. The second-order valence-corrected chi connectivity index (χ2v) is 9.14. The van der Waals surface area contributed by atoms with Crippen LogP contribution in [0.4, 0.5) is 0 Å². The summed E-state index contributed by atoms with van der Waals surface area (Å²) in [7, 11) is 0. The van der Waals surface area contributed by atoms with Gasteiger partial charge in [0, 0.05) is 0 Å². The van der Waals surface area contributed by atoms with E-state index in [0.29, 0.717) is 17.8 Å². The van der Waals surface area contributed by atoms with E-state index in [1.807, 2.05) is 0 Å². The van der Waals surface area contributed by atoms with E-state index in [-0.39, 0.29) is 0 Å². The van der Waals surface area contributed by atoms with Crippen molar-refractivity contribution in [2.45, 2.75) is 60.8 Å². The molecule has 0 rings (SSSR count). The van der Waals surface area contributed by atoms with Crippen LogP contribution in [0.15, 0.2) is 0 Å². The van der Waals surface area contributed by atoms with Gasteiger partial charge in [-0.25, -0.2) is 0 Å². The Morgan fingerprint density at radius 2 is 0.895 bits per heavy atom. The predicted molar refractivity (Wildman–Crippen MR) is 82.0 cm³/mol. The first-order chi connectivity index (χ1) is 9.03. The van der Waals surface area contributed by atoms with Gasteiger partial charge in [0.25, 0.3) is 0 Å². The Morgan fingerprint density at radius 1 is 0.632 bits per heavy atom. The van der Waals surface area contributed by atoms with Crippen molar-refractivity contribution in [3.63, 3.8) is 0 Å². The van der Waals surface area contributed by atoms with Crippen LogP contribution in [0, 0.1) is 17.8 Å². The fourth-order valence-electron chi connectivity index (χ4n) is 1.23. The molecule has 0 aromatic carbocycles. The van der Waals surface area contributed by atoms with Crippen molar-refractivity contribution in [2.75, 3.05) is 19.8 Å². The molecule has 0 heterocycles. The van der Waals surface area contributed by atoms with Crippen LogP contribution in [0.5, 0.6) is 0 Å². The van der Waals surface area contributed by atoms with Crippen LogP contribution in [-0.2, 0) is 10.6 Å². The standard InChI is InChI=1S/3C5H11O.Ga/c3*1-3-5(2)4-6;/h3*5H,3-4H2,1-2H3;/q3*-1;+3. The monoisotopic (exact) mass is 330 g/mol. The van der Waals surface area contributed by atoms with Crippen molar-refractivity contribution in [2.24, 2.45) is 17.8 Å². The fourth-order valence-corrected chi connectivity index (χ4v) is 4.89. The molecular formula is C15H33GaO3. The van der Waals surface area contributed by atoms with E-state index in [9.17, 15) is 0 Å². The van der Waals surface area contributed by atoms with E-state index in [0.717, 1.165) is 39.1 Å². The summed E-state index contributed by atoms with van der Waals surface area (Å²) in [6.07, 6.45) is 3.43. The second kappa shape index (κ2) is 12.3. The molecule has 0 saturated carbocycles. The van der Waals surface area contributed by atoms with Gasteiger partial charge in [-0.15, -0.1) is 0 Å². The molecule has 0 N–H and O–H groups in total. The molecule has 0 bridgehead atoms. The molecule has 0 aliphatic carbocycles. The van der Waals surface area contributed by atoms with Crippen molar-refractivity contribution in [3.8, 4) is 0 Å². The van der Waals surface area contributed by atoms with E-state index >= 15 is 0 Å². The third-order valence-corrected chi connectivity index (χ3v) is 6.57. The van der Waals surface area contributed by atoms with E-state index in [1.54, 1.807) is 0 Å². The summed E-state index contributed by atoms with van der Waals surface area (Å²) in [6.45, 7) is 15.5. The maximum absolute atomic E-state index is 5.93. The normalized spacial score (nSPS) is 16.1. The quantitative estimate of drug-likeness (QED) is 0.503. The van der Waals surface area contributed by atoms with E-state index in [1.165, 1.54) is 0 Å². The molecule has 3 nitrogen and oxygen atoms in total. The zero-order valence-electron chi connectivity index (χ0n) is 13.8. The molecule has 0 aliphatic rings. The van der Waals surface area contributed by atoms with Gasteiger partial charge in [0.15, 0.2) is 0 Å². The minimum atomic E-state index is -2.45. The van der Waals surface area contributed by atoms with Crippen molar-refractivity contribution < 1.29 is 10.6 Å². The fraction of sp³-hybridized carbons (Fsp3) is 1.00. The van der Waals surface area contributed by atoms with Gasteiger partial charge in [-0.2, -0.15) is 0 Å². The average Bonchev–Trinajstić information content (AvgIpc) is 2.44.